The summed E-state index contributed by atoms with van der Waals surface area (Å²) in [5.74, 6) is -5.41. The number of fused-ring (bicyclic) bond motifs is 2. The Balaban J connectivity index is 0.000000186. The molecule has 0 atom stereocenters. The van der Waals surface area contributed by atoms with Gasteiger partial charge in [0.25, 0.3) is 33.5 Å². The summed E-state index contributed by atoms with van der Waals surface area (Å²) in [7, 11) is 0. The number of rotatable bonds is 14. The van der Waals surface area contributed by atoms with Crippen LogP contribution < -0.4 is 54.4 Å². The van der Waals surface area contributed by atoms with Gasteiger partial charge in [-0.15, -0.1) is 0 Å². The van der Waals surface area contributed by atoms with E-state index >= 15 is 0 Å². The van der Waals surface area contributed by atoms with Crippen LogP contribution in [-0.2, 0) is 26.2 Å². The standard InChI is InChI=1S/2C19H15N7O5/c20-12-13(15(28)14(12)27)21-7-9-2-1-3-10(6-9)8-22-18(29)17-25-16(19(30)31)24-11-4-5-23-26(11)17;20-12-13(15(28)14(12)27)21-7-9-2-1-3-10(6-9)8-22-18(29)16-24-11-4-5-23-26(11)17(25-16)19(30)31/h2*1-6,21H,7-8,20H2,(H,22,29)(H,30,31). The molecule has 2 amide bonds. The summed E-state index contributed by atoms with van der Waals surface area (Å²) in [6, 6.07) is 17.2. The number of carbonyl (C=O) groups excluding carboxylic acids is 2. The predicted molar refractivity (Wildman–Crippen MR) is 217 cm³/mol. The van der Waals surface area contributed by atoms with E-state index in [0.717, 1.165) is 31.3 Å². The minimum absolute atomic E-state index is 0.0793. The molecule has 0 bridgehead atoms. The lowest BCUT2D eigenvalue weighted by Crippen LogP contribution is -2.36. The van der Waals surface area contributed by atoms with Gasteiger partial charge in [0.05, 0.1) is 12.4 Å². The van der Waals surface area contributed by atoms with Gasteiger partial charge in [0, 0.05) is 38.3 Å². The molecule has 10 N–H and O–H groups in total. The molecule has 4 aromatic carbocycles. The first-order valence-corrected chi connectivity index (χ1v) is 18.0. The number of aromatic nitrogens is 8. The number of aromatic carboxylic acids is 2. The molecule has 8 aromatic rings. The monoisotopic (exact) mass is 842 g/mol. The van der Waals surface area contributed by atoms with Crippen LogP contribution in [0.5, 0.6) is 0 Å². The van der Waals surface area contributed by atoms with Crippen LogP contribution in [-0.4, -0.2) is 73.1 Å². The molecule has 0 aliphatic carbocycles. The highest BCUT2D eigenvalue weighted by Crippen LogP contribution is 2.15. The second-order valence-corrected chi connectivity index (χ2v) is 13.2. The molecule has 4 aromatic heterocycles. The molecule has 8 rings (SSSR count). The van der Waals surface area contributed by atoms with E-state index in [1.807, 2.05) is 0 Å². The van der Waals surface area contributed by atoms with Crippen molar-refractivity contribution in [2.24, 2.45) is 0 Å². The second kappa shape index (κ2) is 16.9. The van der Waals surface area contributed by atoms with E-state index in [-0.39, 0.29) is 71.9 Å². The summed E-state index contributed by atoms with van der Waals surface area (Å²) in [5.41, 5.74) is 11.8. The summed E-state index contributed by atoms with van der Waals surface area (Å²) >= 11 is 0. The highest BCUT2D eigenvalue weighted by Gasteiger charge is 2.21. The van der Waals surface area contributed by atoms with Crippen LogP contribution in [0.4, 0.5) is 22.7 Å². The number of hydrogen-bond donors (Lipinski definition) is 8. The summed E-state index contributed by atoms with van der Waals surface area (Å²) in [4.78, 5) is 108. The third kappa shape index (κ3) is 8.35. The SMILES string of the molecule is Nc1c(NCc2cccc(CNC(=O)c3nc(C(=O)O)n4nccc4n3)c2)c(=O)c1=O.Nc1c(NCc2cccc(CNC(=O)c3nc(C(=O)O)nc4ccnn34)c2)c(=O)c1=O. The summed E-state index contributed by atoms with van der Waals surface area (Å²) in [5, 5.41) is 37.1. The molecular weight excluding hydrogens is 813 g/mol. The van der Waals surface area contributed by atoms with Gasteiger partial charge < -0.3 is 42.9 Å². The van der Waals surface area contributed by atoms with Crippen LogP contribution in [0.2, 0.25) is 0 Å². The number of hydrogen-bond acceptors (Lipinski definition) is 18. The van der Waals surface area contributed by atoms with Crippen molar-refractivity contribution >= 4 is 57.8 Å². The maximum Gasteiger partial charge on any atom is 0.374 e. The highest BCUT2D eigenvalue weighted by molar-refractivity contribution is 5.93. The van der Waals surface area contributed by atoms with Crippen molar-refractivity contribution in [1.82, 2.24) is 49.8 Å². The number of carboxylic acid groups (broad SMARTS) is 2. The molecule has 4 heterocycles. The minimum Gasteiger partial charge on any atom is -0.475 e. The number of anilines is 4. The molecule has 0 aliphatic rings. The van der Waals surface area contributed by atoms with Crippen LogP contribution >= 0.6 is 0 Å². The van der Waals surface area contributed by atoms with Crippen molar-refractivity contribution < 1.29 is 29.4 Å². The number of nitrogen functional groups attached to an aromatic ring is 2. The number of nitrogens with zero attached hydrogens (tertiary/aromatic N) is 8. The number of carbonyl (C=O) groups is 4. The zero-order chi connectivity index (χ0) is 44.2. The van der Waals surface area contributed by atoms with Crippen molar-refractivity contribution in [2.45, 2.75) is 26.2 Å². The van der Waals surface area contributed by atoms with Gasteiger partial charge in [0.2, 0.25) is 23.3 Å². The topological polar surface area (TPSA) is 363 Å². The van der Waals surface area contributed by atoms with Crippen molar-refractivity contribution in [2.75, 3.05) is 22.1 Å². The molecular formula is C38H30N14O10. The quantitative estimate of drug-likeness (QED) is 0.0614. The Morgan fingerprint density at radius 3 is 1.44 bits per heavy atom. The average molecular weight is 843 g/mol. The summed E-state index contributed by atoms with van der Waals surface area (Å²) in [6.45, 7) is 0.785. The zero-order valence-electron chi connectivity index (χ0n) is 31.6. The molecule has 0 spiro atoms. The summed E-state index contributed by atoms with van der Waals surface area (Å²) < 4.78 is 2.18. The number of nitrogens with two attached hydrogens (primary N) is 2. The van der Waals surface area contributed by atoms with E-state index in [0.29, 0.717) is 0 Å². The summed E-state index contributed by atoms with van der Waals surface area (Å²) in [6.07, 6.45) is 2.74. The largest absolute Gasteiger partial charge is 0.475 e. The van der Waals surface area contributed by atoms with E-state index in [1.54, 1.807) is 48.5 Å². The van der Waals surface area contributed by atoms with Gasteiger partial charge in [0.15, 0.2) is 11.3 Å². The normalized spacial score (nSPS) is 11.0. The van der Waals surface area contributed by atoms with Crippen LogP contribution in [0.1, 0.15) is 64.7 Å². The average Bonchev–Trinajstić information content (AvgIpc) is 3.97. The van der Waals surface area contributed by atoms with Gasteiger partial charge in [-0.3, -0.25) is 28.8 Å². The maximum absolute atomic E-state index is 12.6. The molecule has 0 aliphatic heterocycles. The van der Waals surface area contributed by atoms with Crippen LogP contribution in [0.25, 0.3) is 11.3 Å². The van der Waals surface area contributed by atoms with Crippen molar-refractivity contribution in [3.63, 3.8) is 0 Å². The van der Waals surface area contributed by atoms with Crippen LogP contribution in [0.3, 0.4) is 0 Å². The first-order valence-electron chi connectivity index (χ1n) is 18.0. The Labute approximate surface area is 344 Å². The van der Waals surface area contributed by atoms with Crippen LogP contribution in [0.15, 0.2) is 92.2 Å². The number of nitrogens with one attached hydrogen (secondary N) is 4. The smallest absolute Gasteiger partial charge is 0.374 e. The fourth-order valence-corrected chi connectivity index (χ4v) is 5.91. The Morgan fingerprint density at radius 2 is 0.968 bits per heavy atom. The van der Waals surface area contributed by atoms with E-state index in [9.17, 15) is 43.5 Å². The fraction of sp³-hybridized carbons (Fsp3) is 0.105. The van der Waals surface area contributed by atoms with Gasteiger partial charge in [-0.05, 0) is 22.3 Å². The van der Waals surface area contributed by atoms with E-state index in [4.69, 9.17) is 16.6 Å². The lowest BCUT2D eigenvalue weighted by Gasteiger charge is -2.11. The number of benzene rings is 2. The van der Waals surface area contributed by atoms with Crippen molar-refractivity contribution in [3.05, 3.63) is 160 Å². The lowest BCUT2D eigenvalue weighted by molar-refractivity contribution is 0.0670. The minimum atomic E-state index is -1.36. The van der Waals surface area contributed by atoms with Crippen molar-refractivity contribution in [1.29, 1.82) is 0 Å². The predicted octanol–water partition coefficient (Wildman–Crippen LogP) is -0.914. The molecule has 24 nitrogen and oxygen atoms in total. The van der Waals surface area contributed by atoms with E-state index in [2.05, 4.69) is 51.4 Å². The van der Waals surface area contributed by atoms with Gasteiger partial charge in [-0.1, -0.05) is 48.5 Å². The lowest BCUT2D eigenvalue weighted by atomic mass is 10.1. The molecule has 0 saturated carbocycles. The number of amides is 2. The molecule has 62 heavy (non-hydrogen) atoms. The molecule has 0 fully saturated rings. The molecule has 0 saturated heterocycles. The Morgan fingerprint density at radius 1 is 0.532 bits per heavy atom. The third-order valence-electron chi connectivity index (χ3n) is 9.02. The van der Waals surface area contributed by atoms with E-state index in [1.165, 1.54) is 24.5 Å². The fourth-order valence-electron chi connectivity index (χ4n) is 5.91. The Kier molecular flexibility index (Phi) is 11.2. The molecule has 0 unspecified atom stereocenters. The molecule has 312 valence electrons. The second-order valence-electron chi connectivity index (χ2n) is 13.2. The van der Waals surface area contributed by atoms with Gasteiger partial charge in [-0.25, -0.2) is 19.6 Å². The van der Waals surface area contributed by atoms with Crippen LogP contribution in [0, 0.1) is 0 Å². The molecule has 0 radical (unpaired) electrons. The van der Waals surface area contributed by atoms with E-state index < -0.39 is 57.1 Å². The first kappa shape index (κ1) is 41.0. The Bertz CT molecular complexity index is 3230. The maximum atomic E-state index is 12.6. The van der Waals surface area contributed by atoms with Crippen molar-refractivity contribution in [3.8, 4) is 0 Å². The molecule has 24 heteroatoms. The third-order valence-corrected chi connectivity index (χ3v) is 9.02. The van der Waals surface area contributed by atoms with Gasteiger partial charge in [-0.2, -0.15) is 29.2 Å². The zero-order valence-corrected chi connectivity index (χ0v) is 31.6. The van der Waals surface area contributed by atoms with Gasteiger partial charge in [0.1, 0.15) is 22.7 Å². The Hall–Kier alpha value is -9.22. The first-order chi connectivity index (χ1) is 29.7. The van der Waals surface area contributed by atoms with Gasteiger partial charge >= 0.3 is 11.9 Å². The highest BCUT2D eigenvalue weighted by atomic mass is 16.4. The number of carboxylic acids is 2.